The first kappa shape index (κ1) is 17.2. The highest BCUT2D eigenvalue weighted by molar-refractivity contribution is 6.05. The summed E-state index contributed by atoms with van der Waals surface area (Å²) in [6, 6.07) is 8.38. The monoisotopic (exact) mass is 346 g/mol. The van der Waals surface area contributed by atoms with E-state index in [0.29, 0.717) is 19.7 Å². The van der Waals surface area contributed by atoms with Crippen LogP contribution in [0.15, 0.2) is 30.3 Å². The molecule has 0 radical (unpaired) electrons. The van der Waals surface area contributed by atoms with Crippen molar-refractivity contribution in [1.82, 2.24) is 20.4 Å². The Kier molecular flexibility index (Phi) is 5.49. The molecule has 3 rings (SSSR count). The van der Waals surface area contributed by atoms with Crippen LogP contribution in [0.3, 0.4) is 0 Å². The summed E-state index contributed by atoms with van der Waals surface area (Å²) in [5, 5.41) is 4.59. The zero-order valence-corrected chi connectivity index (χ0v) is 13.9. The second-order valence-electron chi connectivity index (χ2n) is 6.10. The van der Waals surface area contributed by atoms with Gasteiger partial charge in [-0.15, -0.1) is 0 Å². The topological polar surface area (TPSA) is 91.0 Å². The molecule has 2 aliphatic rings. The lowest BCUT2D eigenvalue weighted by atomic mass is 10.1. The van der Waals surface area contributed by atoms with E-state index in [4.69, 9.17) is 4.74 Å². The summed E-state index contributed by atoms with van der Waals surface area (Å²) in [4.78, 5) is 38.8. The molecule has 0 aliphatic carbocycles. The summed E-state index contributed by atoms with van der Waals surface area (Å²) in [5.74, 6) is 0.311. The predicted molar refractivity (Wildman–Crippen MR) is 90.0 cm³/mol. The Morgan fingerprint density at radius 3 is 2.48 bits per heavy atom. The van der Waals surface area contributed by atoms with E-state index >= 15 is 0 Å². The SMILES string of the molecule is O=C1NC(=O)C(CC(=O)N2CCN(CCOc3ccccc3)CC2)N1. The lowest BCUT2D eigenvalue weighted by Crippen LogP contribution is -2.50. The smallest absolute Gasteiger partial charge is 0.322 e. The summed E-state index contributed by atoms with van der Waals surface area (Å²) in [6.45, 7) is 4.18. The highest BCUT2D eigenvalue weighted by Crippen LogP contribution is 2.10. The van der Waals surface area contributed by atoms with Gasteiger partial charge in [-0.3, -0.25) is 19.8 Å². The summed E-state index contributed by atoms with van der Waals surface area (Å²) < 4.78 is 5.69. The van der Waals surface area contributed by atoms with Crippen LogP contribution in [0, 0.1) is 0 Å². The Morgan fingerprint density at radius 1 is 1.12 bits per heavy atom. The quantitative estimate of drug-likeness (QED) is 0.697. The first-order chi connectivity index (χ1) is 12.1. The number of urea groups is 1. The molecule has 0 saturated carbocycles. The van der Waals surface area contributed by atoms with Crippen LogP contribution in [0.2, 0.25) is 0 Å². The van der Waals surface area contributed by atoms with Crippen molar-refractivity contribution in [2.24, 2.45) is 0 Å². The Balaban J connectivity index is 1.36. The van der Waals surface area contributed by atoms with E-state index in [-0.39, 0.29) is 12.3 Å². The lowest BCUT2D eigenvalue weighted by molar-refractivity contribution is -0.135. The van der Waals surface area contributed by atoms with Crippen LogP contribution < -0.4 is 15.4 Å². The molecule has 1 aromatic carbocycles. The number of para-hydroxylation sites is 1. The van der Waals surface area contributed by atoms with Gasteiger partial charge in [0, 0.05) is 32.7 Å². The number of hydrogen-bond acceptors (Lipinski definition) is 5. The van der Waals surface area contributed by atoms with Crippen LogP contribution in [0.5, 0.6) is 5.75 Å². The number of hydrogen-bond donors (Lipinski definition) is 2. The van der Waals surface area contributed by atoms with Crippen molar-refractivity contribution in [3.8, 4) is 5.75 Å². The average Bonchev–Trinajstić information content (AvgIpc) is 2.93. The number of imide groups is 1. The fraction of sp³-hybridized carbons (Fsp3) is 0.471. The molecule has 1 unspecified atom stereocenters. The van der Waals surface area contributed by atoms with E-state index in [1.165, 1.54) is 0 Å². The van der Waals surface area contributed by atoms with E-state index in [0.717, 1.165) is 25.4 Å². The summed E-state index contributed by atoms with van der Waals surface area (Å²) in [5.41, 5.74) is 0. The van der Waals surface area contributed by atoms with Gasteiger partial charge in [0.1, 0.15) is 18.4 Å². The van der Waals surface area contributed by atoms with E-state index in [9.17, 15) is 14.4 Å². The average molecular weight is 346 g/mol. The second kappa shape index (κ2) is 7.98. The van der Waals surface area contributed by atoms with Crippen LogP contribution >= 0.6 is 0 Å². The van der Waals surface area contributed by atoms with Crippen molar-refractivity contribution in [3.63, 3.8) is 0 Å². The summed E-state index contributed by atoms with van der Waals surface area (Å²) in [6.07, 6.45) is 0.00862. The Hall–Kier alpha value is -2.61. The second-order valence-corrected chi connectivity index (χ2v) is 6.10. The van der Waals surface area contributed by atoms with Crippen LogP contribution in [-0.2, 0) is 9.59 Å². The van der Waals surface area contributed by atoms with Gasteiger partial charge in [0.05, 0.1) is 6.42 Å². The van der Waals surface area contributed by atoms with E-state index in [2.05, 4.69) is 15.5 Å². The van der Waals surface area contributed by atoms with E-state index < -0.39 is 18.0 Å². The molecule has 1 atom stereocenters. The van der Waals surface area contributed by atoms with Gasteiger partial charge in [0.2, 0.25) is 5.91 Å². The zero-order chi connectivity index (χ0) is 17.6. The molecule has 0 spiro atoms. The molecule has 1 aromatic rings. The molecular weight excluding hydrogens is 324 g/mol. The maximum Gasteiger partial charge on any atom is 0.322 e. The fourth-order valence-corrected chi connectivity index (χ4v) is 2.94. The third kappa shape index (κ3) is 4.69. The third-order valence-electron chi connectivity index (χ3n) is 4.38. The fourth-order valence-electron chi connectivity index (χ4n) is 2.94. The largest absolute Gasteiger partial charge is 0.492 e. The summed E-state index contributed by atoms with van der Waals surface area (Å²) in [7, 11) is 0. The van der Waals surface area contributed by atoms with E-state index in [1.807, 2.05) is 30.3 Å². The molecule has 0 aromatic heterocycles. The van der Waals surface area contributed by atoms with Crippen LogP contribution in [0.25, 0.3) is 0 Å². The van der Waals surface area contributed by atoms with Crippen molar-refractivity contribution >= 4 is 17.8 Å². The molecule has 25 heavy (non-hydrogen) atoms. The number of benzene rings is 1. The predicted octanol–water partition coefficient (Wildman–Crippen LogP) is -0.192. The van der Waals surface area contributed by atoms with Gasteiger partial charge in [0.15, 0.2) is 0 Å². The molecular formula is C17H22N4O4. The van der Waals surface area contributed by atoms with Crippen molar-refractivity contribution in [2.75, 3.05) is 39.3 Å². The molecule has 4 amide bonds. The normalized spacial score (nSPS) is 21.0. The van der Waals surface area contributed by atoms with Gasteiger partial charge in [-0.1, -0.05) is 18.2 Å². The minimum Gasteiger partial charge on any atom is -0.492 e. The maximum absolute atomic E-state index is 12.3. The van der Waals surface area contributed by atoms with Gasteiger partial charge in [-0.2, -0.15) is 0 Å². The van der Waals surface area contributed by atoms with Crippen molar-refractivity contribution in [2.45, 2.75) is 12.5 Å². The van der Waals surface area contributed by atoms with E-state index in [1.54, 1.807) is 4.90 Å². The molecule has 134 valence electrons. The van der Waals surface area contributed by atoms with Crippen LogP contribution in [0.1, 0.15) is 6.42 Å². The Morgan fingerprint density at radius 2 is 1.84 bits per heavy atom. The zero-order valence-electron chi connectivity index (χ0n) is 13.9. The highest BCUT2D eigenvalue weighted by Gasteiger charge is 2.33. The number of rotatable bonds is 6. The molecule has 0 bridgehead atoms. The van der Waals surface area contributed by atoms with Crippen molar-refractivity contribution < 1.29 is 19.1 Å². The Labute approximate surface area is 146 Å². The number of nitrogens with one attached hydrogen (secondary N) is 2. The maximum atomic E-state index is 12.3. The first-order valence-corrected chi connectivity index (χ1v) is 8.41. The van der Waals surface area contributed by atoms with Crippen molar-refractivity contribution in [3.05, 3.63) is 30.3 Å². The number of nitrogens with zero attached hydrogens (tertiary/aromatic N) is 2. The molecule has 2 N–H and O–H groups in total. The van der Waals surface area contributed by atoms with Gasteiger partial charge in [-0.05, 0) is 12.1 Å². The third-order valence-corrected chi connectivity index (χ3v) is 4.38. The minimum atomic E-state index is -0.752. The Bertz CT molecular complexity index is 629. The molecule has 2 fully saturated rings. The molecule has 8 heteroatoms. The van der Waals surface area contributed by atoms with Crippen LogP contribution in [0.4, 0.5) is 4.79 Å². The van der Waals surface area contributed by atoms with Gasteiger partial charge >= 0.3 is 6.03 Å². The molecule has 2 heterocycles. The first-order valence-electron chi connectivity index (χ1n) is 8.41. The van der Waals surface area contributed by atoms with Gasteiger partial charge < -0.3 is 15.0 Å². The minimum absolute atomic E-state index is 0.00862. The number of piperazine rings is 1. The molecule has 2 saturated heterocycles. The molecule has 2 aliphatic heterocycles. The summed E-state index contributed by atoms with van der Waals surface area (Å²) >= 11 is 0. The van der Waals surface area contributed by atoms with Gasteiger partial charge in [-0.25, -0.2) is 4.79 Å². The van der Waals surface area contributed by atoms with Crippen molar-refractivity contribution in [1.29, 1.82) is 0 Å². The standard InChI is InChI=1S/C17H22N4O4/c22-15(12-14-16(23)19-17(24)18-14)21-8-6-20(7-9-21)10-11-25-13-4-2-1-3-5-13/h1-5,14H,6-12H2,(H2,18,19,23,24). The lowest BCUT2D eigenvalue weighted by Gasteiger charge is -2.35. The van der Waals surface area contributed by atoms with Gasteiger partial charge in [0.25, 0.3) is 5.91 Å². The number of amides is 4. The molecule has 8 nitrogen and oxygen atoms in total. The number of ether oxygens (including phenoxy) is 1. The highest BCUT2D eigenvalue weighted by atomic mass is 16.5. The van der Waals surface area contributed by atoms with Crippen LogP contribution in [-0.4, -0.2) is 73.0 Å². The number of carbonyl (C=O) groups excluding carboxylic acids is 3. The number of carbonyl (C=O) groups is 3.